The van der Waals surface area contributed by atoms with Gasteiger partial charge in [0, 0.05) is 38.5 Å². The zero-order chi connectivity index (χ0) is 14.3. The number of halogens is 2. The predicted molar refractivity (Wildman–Crippen MR) is 81.7 cm³/mol. The number of H-pyrrole nitrogens is 1. The molecule has 0 unspecified atom stereocenters. The molecule has 2 aromatic heterocycles. The Morgan fingerprint density at radius 1 is 1.45 bits per heavy atom. The molecule has 0 aliphatic rings. The van der Waals surface area contributed by atoms with Crippen LogP contribution >= 0.6 is 28.1 Å². The number of aromatic amines is 1. The largest absolute Gasteiger partial charge is 0.338 e. The lowest BCUT2D eigenvalue weighted by Gasteiger charge is -2.05. The number of hydrogen-bond donors (Lipinski definition) is 1. The summed E-state index contributed by atoms with van der Waals surface area (Å²) < 4.78 is 18.5. The van der Waals surface area contributed by atoms with Crippen molar-refractivity contribution in [2.75, 3.05) is 0 Å². The zero-order valence-corrected chi connectivity index (χ0v) is 13.1. The van der Waals surface area contributed by atoms with Gasteiger partial charge in [-0.05, 0) is 34.2 Å². The molecule has 0 saturated heterocycles. The Morgan fingerprint density at radius 2 is 2.25 bits per heavy atom. The standard InChI is InChI=1S/C13H12BrFN4S/c1-18-5-3-16-12(18)2-4-19-11-6-8(14)9(15)7-10(11)17-13(19)20/h3,5-7H,2,4H2,1H3,(H,17,20). The van der Waals surface area contributed by atoms with Crippen LogP contribution in [0.1, 0.15) is 5.82 Å². The molecule has 4 nitrogen and oxygen atoms in total. The summed E-state index contributed by atoms with van der Waals surface area (Å²) in [6.07, 6.45) is 4.45. The molecule has 3 aromatic rings. The van der Waals surface area contributed by atoms with Crippen LogP contribution < -0.4 is 0 Å². The summed E-state index contributed by atoms with van der Waals surface area (Å²) in [4.78, 5) is 7.32. The number of rotatable bonds is 3. The third-order valence-corrected chi connectivity index (χ3v) is 4.23. The second kappa shape index (κ2) is 5.14. The van der Waals surface area contributed by atoms with E-state index in [2.05, 4.69) is 25.9 Å². The molecule has 3 rings (SSSR count). The Labute approximate surface area is 128 Å². The van der Waals surface area contributed by atoms with Crippen LogP contribution in [0.2, 0.25) is 0 Å². The minimum absolute atomic E-state index is 0.301. The molecule has 0 spiro atoms. The van der Waals surface area contributed by atoms with Crippen molar-refractivity contribution < 1.29 is 4.39 Å². The number of hydrogen-bond acceptors (Lipinski definition) is 2. The van der Waals surface area contributed by atoms with E-state index in [4.69, 9.17) is 12.2 Å². The lowest BCUT2D eigenvalue weighted by Crippen LogP contribution is -2.05. The van der Waals surface area contributed by atoms with Gasteiger partial charge >= 0.3 is 0 Å². The minimum Gasteiger partial charge on any atom is -0.338 e. The summed E-state index contributed by atoms with van der Waals surface area (Å²) in [6.45, 7) is 0.696. The van der Waals surface area contributed by atoms with Crippen molar-refractivity contribution in [3.05, 3.63) is 45.4 Å². The highest BCUT2D eigenvalue weighted by Crippen LogP contribution is 2.23. The summed E-state index contributed by atoms with van der Waals surface area (Å²) >= 11 is 8.52. The summed E-state index contributed by atoms with van der Waals surface area (Å²) in [7, 11) is 1.96. The molecular weight excluding hydrogens is 343 g/mol. The average molecular weight is 355 g/mol. The molecule has 0 amide bonds. The Kier molecular flexibility index (Phi) is 3.47. The molecule has 1 N–H and O–H groups in total. The second-order valence-electron chi connectivity index (χ2n) is 4.57. The molecule has 0 bridgehead atoms. The van der Waals surface area contributed by atoms with E-state index in [0.717, 1.165) is 17.8 Å². The Balaban J connectivity index is 1.99. The van der Waals surface area contributed by atoms with Crippen molar-refractivity contribution in [2.45, 2.75) is 13.0 Å². The normalized spacial score (nSPS) is 11.3. The van der Waals surface area contributed by atoms with E-state index < -0.39 is 0 Å². The molecule has 7 heteroatoms. The van der Waals surface area contributed by atoms with Gasteiger partial charge in [0.15, 0.2) is 4.77 Å². The summed E-state index contributed by atoms with van der Waals surface area (Å²) in [6, 6.07) is 3.20. The maximum Gasteiger partial charge on any atom is 0.178 e. The van der Waals surface area contributed by atoms with Gasteiger partial charge in [-0.2, -0.15) is 0 Å². The van der Waals surface area contributed by atoms with E-state index >= 15 is 0 Å². The first-order valence-corrected chi connectivity index (χ1v) is 7.30. The van der Waals surface area contributed by atoms with E-state index in [-0.39, 0.29) is 5.82 Å². The lowest BCUT2D eigenvalue weighted by atomic mass is 10.3. The molecule has 2 heterocycles. The van der Waals surface area contributed by atoms with Crippen LogP contribution in [0.4, 0.5) is 4.39 Å². The van der Waals surface area contributed by atoms with Gasteiger partial charge < -0.3 is 14.1 Å². The van der Waals surface area contributed by atoms with E-state index in [1.165, 1.54) is 6.07 Å². The number of benzene rings is 1. The van der Waals surface area contributed by atoms with E-state index in [1.807, 2.05) is 22.4 Å². The fourth-order valence-corrected chi connectivity index (χ4v) is 2.85. The highest BCUT2D eigenvalue weighted by molar-refractivity contribution is 9.10. The van der Waals surface area contributed by atoms with Crippen molar-refractivity contribution in [3.63, 3.8) is 0 Å². The van der Waals surface area contributed by atoms with Gasteiger partial charge in [0.1, 0.15) is 11.6 Å². The van der Waals surface area contributed by atoms with Crippen LogP contribution in [0.15, 0.2) is 29.0 Å². The van der Waals surface area contributed by atoms with Gasteiger partial charge in [-0.3, -0.25) is 0 Å². The van der Waals surface area contributed by atoms with Gasteiger partial charge in [-0.25, -0.2) is 9.37 Å². The SMILES string of the molecule is Cn1ccnc1CCn1c(=S)[nH]c2cc(F)c(Br)cc21. The van der Waals surface area contributed by atoms with Crippen molar-refractivity contribution in [1.29, 1.82) is 0 Å². The number of nitrogens with zero attached hydrogens (tertiary/aromatic N) is 3. The number of aryl methyl sites for hydroxylation is 3. The third-order valence-electron chi connectivity index (χ3n) is 3.30. The molecule has 0 radical (unpaired) electrons. The maximum absolute atomic E-state index is 13.5. The van der Waals surface area contributed by atoms with Crippen molar-refractivity contribution in [2.24, 2.45) is 7.05 Å². The minimum atomic E-state index is -0.301. The number of nitrogens with one attached hydrogen (secondary N) is 1. The second-order valence-corrected chi connectivity index (χ2v) is 5.81. The quantitative estimate of drug-likeness (QED) is 0.730. The van der Waals surface area contributed by atoms with Crippen molar-refractivity contribution in [1.82, 2.24) is 19.1 Å². The number of aromatic nitrogens is 4. The monoisotopic (exact) mass is 354 g/mol. The molecule has 104 valence electrons. The van der Waals surface area contributed by atoms with Gasteiger partial charge in [0.05, 0.1) is 15.5 Å². The summed E-state index contributed by atoms with van der Waals surface area (Å²) in [5.41, 5.74) is 1.59. The first-order valence-electron chi connectivity index (χ1n) is 6.10. The van der Waals surface area contributed by atoms with Gasteiger partial charge in [-0.15, -0.1) is 0 Å². The molecule has 0 saturated carbocycles. The van der Waals surface area contributed by atoms with E-state index in [0.29, 0.717) is 21.3 Å². The zero-order valence-electron chi connectivity index (χ0n) is 10.7. The molecule has 0 atom stereocenters. The predicted octanol–water partition coefficient (Wildman–Crippen LogP) is 3.58. The van der Waals surface area contributed by atoms with E-state index in [9.17, 15) is 4.39 Å². The molecular formula is C13H12BrFN4S. The molecule has 0 aliphatic carbocycles. The first kappa shape index (κ1) is 13.5. The van der Waals surface area contributed by atoms with Crippen LogP contribution in [-0.2, 0) is 20.0 Å². The van der Waals surface area contributed by atoms with E-state index in [1.54, 1.807) is 12.3 Å². The van der Waals surface area contributed by atoms with Crippen LogP contribution in [0.25, 0.3) is 11.0 Å². The van der Waals surface area contributed by atoms with Crippen molar-refractivity contribution >= 4 is 39.2 Å². The Hall–Kier alpha value is -1.47. The molecule has 0 fully saturated rings. The van der Waals surface area contributed by atoms with Gasteiger partial charge in [0.2, 0.25) is 0 Å². The van der Waals surface area contributed by atoms with Crippen LogP contribution in [0.3, 0.4) is 0 Å². The third kappa shape index (κ3) is 2.31. The first-order chi connectivity index (χ1) is 9.56. The summed E-state index contributed by atoms with van der Waals surface area (Å²) in [5.74, 6) is 0.687. The van der Waals surface area contributed by atoms with Crippen LogP contribution in [0.5, 0.6) is 0 Å². The molecule has 20 heavy (non-hydrogen) atoms. The summed E-state index contributed by atoms with van der Waals surface area (Å²) in [5, 5.41) is 0. The maximum atomic E-state index is 13.5. The smallest absolute Gasteiger partial charge is 0.178 e. The lowest BCUT2D eigenvalue weighted by molar-refractivity contribution is 0.622. The van der Waals surface area contributed by atoms with Gasteiger partial charge in [-0.1, -0.05) is 0 Å². The van der Waals surface area contributed by atoms with Gasteiger partial charge in [0.25, 0.3) is 0 Å². The molecule has 0 aliphatic heterocycles. The van der Waals surface area contributed by atoms with Crippen molar-refractivity contribution in [3.8, 4) is 0 Å². The highest BCUT2D eigenvalue weighted by Gasteiger charge is 2.09. The fourth-order valence-electron chi connectivity index (χ4n) is 2.22. The highest BCUT2D eigenvalue weighted by atomic mass is 79.9. The number of fused-ring (bicyclic) bond motifs is 1. The fraction of sp³-hybridized carbons (Fsp3) is 0.231. The van der Waals surface area contributed by atoms with Crippen LogP contribution in [-0.4, -0.2) is 19.1 Å². The molecule has 1 aromatic carbocycles. The average Bonchev–Trinajstić information content (AvgIpc) is 2.92. The Morgan fingerprint density at radius 3 is 2.95 bits per heavy atom. The van der Waals surface area contributed by atoms with Crippen LogP contribution in [0, 0.1) is 10.6 Å². The number of imidazole rings is 2. The topological polar surface area (TPSA) is 38.5 Å². The Bertz CT molecular complexity index is 833.